The molecule has 1 aromatic carbocycles. The summed E-state index contributed by atoms with van der Waals surface area (Å²) in [5.74, 6) is -0.126. The van der Waals surface area contributed by atoms with E-state index in [4.69, 9.17) is 5.32 Å². The monoisotopic (exact) mass is 325 g/mol. The average molecular weight is 326 g/mol. The highest BCUT2D eigenvalue weighted by atomic mass is 79.9. The van der Waals surface area contributed by atoms with Crippen LogP contribution in [-0.4, -0.2) is 31.1 Å². The van der Waals surface area contributed by atoms with E-state index >= 15 is 0 Å². The molecule has 0 N–H and O–H groups in total. The molecule has 0 saturated carbocycles. The summed E-state index contributed by atoms with van der Waals surface area (Å²) in [5.41, 5.74) is 0.467. The first-order chi connectivity index (χ1) is 9.20. The van der Waals surface area contributed by atoms with Gasteiger partial charge < -0.3 is 4.90 Å². The van der Waals surface area contributed by atoms with Crippen molar-refractivity contribution in [1.29, 1.82) is 0 Å². The van der Waals surface area contributed by atoms with Gasteiger partial charge in [-0.2, -0.15) is 0 Å². The Morgan fingerprint density at radius 1 is 1.26 bits per heavy atom. The van der Waals surface area contributed by atoms with Gasteiger partial charge in [-0.3, -0.25) is 0 Å². The summed E-state index contributed by atoms with van der Waals surface area (Å²) < 4.78 is 15.1. The molecule has 2 aliphatic heterocycles. The first-order valence-corrected chi connectivity index (χ1v) is 7.85. The van der Waals surface area contributed by atoms with E-state index < -0.39 is 0 Å². The molecule has 1 aromatic rings. The second kappa shape index (κ2) is 5.51. The normalized spacial score (nSPS) is 28.1. The fourth-order valence-electron chi connectivity index (χ4n) is 3.36. The first kappa shape index (κ1) is 13.5. The molecule has 4 heteroatoms. The summed E-state index contributed by atoms with van der Waals surface area (Å²) in [6.45, 7) is 4.01. The number of halogens is 2. The molecule has 1 atom stereocenters. The average Bonchev–Trinajstić information content (AvgIpc) is 3.02. The molecule has 0 spiro atoms. The van der Waals surface area contributed by atoms with Gasteiger partial charge >= 0.3 is 0 Å². The van der Waals surface area contributed by atoms with Crippen molar-refractivity contribution < 1.29 is 4.39 Å². The lowest BCUT2D eigenvalue weighted by Gasteiger charge is -2.33. The molecule has 0 unspecified atom stereocenters. The Kier molecular flexibility index (Phi) is 3.92. The van der Waals surface area contributed by atoms with Gasteiger partial charge in [0.2, 0.25) is 0 Å². The van der Waals surface area contributed by atoms with E-state index in [1.165, 1.54) is 12.8 Å². The second-order valence-corrected chi connectivity index (χ2v) is 6.54. The maximum atomic E-state index is 14.3. The highest BCUT2D eigenvalue weighted by Crippen LogP contribution is 2.36. The molecule has 103 valence electrons. The van der Waals surface area contributed by atoms with E-state index in [1.807, 2.05) is 12.1 Å². The van der Waals surface area contributed by atoms with Gasteiger partial charge in [0.15, 0.2) is 0 Å². The minimum absolute atomic E-state index is 0.126. The topological polar surface area (TPSA) is 17.3 Å². The SMILES string of the molecule is Fc1cc(Br)ccc1[C@]1(CN2CCCC2)CCC[N]1. The fourth-order valence-corrected chi connectivity index (χ4v) is 3.69. The number of hydrogen-bond acceptors (Lipinski definition) is 1. The summed E-state index contributed by atoms with van der Waals surface area (Å²) in [6.07, 6.45) is 4.57. The molecule has 3 rings (SSSR count). The van der Waals surface area contributed by atoms with Crippen LogP contribution in [0, 0.1) is 5.82 Å². The predicted molar refractivity (Wildman–Crippen MR) is 77.7 cm³/mol. The zero-order chi connectivity index (χ0) is 13.3. The molecule has 1 radical (unpaired) electrons. The van der Waals surface area contributed by atoms with Crippen molar-refractivity contribution >= 4 is 15.9 Å². The van der Waals surface area contributed by atoms with E-state index in [-0.39, 0.29) is 11.4 Å². The number of nitrogens with zero attached hydrogens (tertiary/aromatic N) is 2. The molecule has 2 fully saturated rings. The van der Waals surface area contributed by atoms with Crippen molar-refractivity contribution in [2.75, 3.05) is 26.2 Å². The quantitative estimate of drug-likeness (QED) is 0.833. The second-order valence-electron chi connectivity index (χ2n) is 5.62. The Morgan fingerprint density at radius 3 is 2.68 bits per heavy atom. The van der Waals surface area contributed by atoms with Crippen LogP contribution in [0.1, 0.15) is 31.2 Å². The highest BCUT2D eigenvalue weighted by Gasteiger charge is 2.40. The zero-order valence-electron chi connectivity index (χ0n) is 11.0. The van der Waals surface area contributed by atoms with Crippen LogP contribution in [0.5, 0.6) is 0 Å². The van der Waals surface area contributed by atoms with E-state index in [1.54, 1.807) is 6.07 Å². The Morgan fingerprint density at radius 2 is 2.05 bits per heavy atom. The highest BCUT2D eigenvalue weighted by molar-refractivity contribution is 9.10. The van der Waals surface area contributed by atoms with E-state index in [9.17, 15) is 4.39 Å². The lowest BCUT2D eigenvalue weighted by atomic mass is 9.87. The van der Waals surface area contributed by atoms with Crippen LogP contribution < -0.4 is 5.32 Å². The molecule has 0 aliphatic carbocycles. The molecule has 2 aliphatic rings. The van der Waals surface area contributed by atoms with Gasteiger partial charge in [-0.15, -0.1) is 0 Å². The van der Waals surface area contributed by atoms with Crippen molar-refractivity contribution in [2.24, 2.45) is 0 Å². The van der Waals surface area contributed by atoms with Gasteiger partial charge in [0.25, 0.3) is 0 Å². The Balaban J connectivity index is 1.90. The van der Waals surface area contributed by atoms with Crippen LogP contribution in [0.15, 0.2) is 22.7 Å². The lowest BCUT2D eigenvalue weighted by molar-refractivity contribution is 0.219. The number of likely N-dealkylation sites (tertiary alicyclic amines) is 1. The molecule has 0 bridgehead atoms. The standard InChI is InChI=1S/C15H19BrFN2/c16-12-4-5-13(14(17)10-12)15(6-3-7-18-15)11-19-8-1-2-9-19/h4-5,10H,1-3,6-9,11H2/t15-/m1/s1. The van der Waals surface area contributed by atoms with E-state index in [0.29, 0.717) is 0 Å². The minimum atomic E-state index is -0.310. The largest absolute Gasteiger partial charge is 0.301 e. The van der Waals surface area contributed by atoms with Crippen LogP contribution in [-0.2, 0) is 5.54 Å². The Labute approximate surface area is 122 Å². The first-order valence-electron chi connectivity index (χ1n) is 7.06. The van der Waals surface area contributed by atoms with Crippen LogP contribution in [0.2, 0.25) is 0 Å². The molecule has 0 amide bonds. The van der Waals surface area contributed by atoms with Gasteiger partial charge in [0.05, 0.1) is 5.54 Å². The maximum Gasteiger partial charge on any atom is 0.129 e. The van der Waals surface area contributed by atoms with Gasteiger partial charge in [0, 0.05) is 23.1 Å². The van der Waals surface area contributed by atoms with Crippen molar-refractivity contribution in [1.82, 2.24) is 10.2 Å². The third kappa shape index (κ3) is 2.71. The third-order valence-corrected chi connectivity index (χ3v) is 4.77. The van der Waals surface area contributed by atoms with Crippen LogP contribution in [0.25, 0.3) is 0 Å². The van der Waals surface area contributed by atoms with Crippen molar-refractivity contribution in [3.63, 3.8) is 0 Å². The van der Waals surface area contributed by atoms with Gasteiger partial charge in [-0.25, -0.2) is 9.71 Å². The van der Waals surface area contributed by atoms with Crippen LogP contribution in [0.3, 0.4) is 0 Å². The summed E-state index contributed by atoms with van der Waals surface area (Å²) in [7, 11) is 0. The van der Waals surface area contributed by atoms with Crippen molar-refractivity contribution in [2.45, 2.75) is 31.2 Å². The molecular weight excluding hydrogens is 307 g/mol. The van der Waals surface area contributed by atoms with Crippen LogP contribution in [0.4, 0.5) is 4.39 Å². The molecule has 2 heterocycles. The third-order valence-electron chi connectivity index (χ3n) is 4.28. The zero-order valence-corrected chi connectivity index (χ0v) is 12.6. The van der Waals surface area contributed by atoms with E-state index in [2.05, 4.69) is 20.8 Å². The van der Waals surface area contributed by atoms with Crippen molar-refractivity contribution in [3.05, 3.63) is 34.1 Å². The molecular formula is C15H19BrFN2. The summed E-state index contributed by atoms with van der Waals surface area (Å²) in [6, 6.07) is 5.40. The molecule has 19 heavy (non-hydrogen) atoms. The number of rotatable bonds is 3. The molecule has 0 aromatic heterocycles. The molecule has 2 nitrogen and oxygen atoms in total. The number of hydrogen-bond donors (Lipinski definition) is 0. The summed E-state index contributed by atoms with van der Waals surface area (Å²) in [4.78, 5) is 2.44. The van der Waals surface area contributed by atoms with Crippen molar-refractivity contribution in [3.8, 4) is 0 Å². The number of benzene rings is 1. The van der Waals surface area contributed by atoms with Crippen LogP contribution >= 0.6 is 15.9 Å². The fraction of sp³-hybridized carbons (Fsp3) is 0.600. The summed E-state index contributed by atoms with van der Waals surface area (Å²) in [5, 5.41) is 4.79. The van der Waals surface area contributed by atoms with Gasteiger partial charge in [-0.1, -0.05) is 22.0 Å². The van der Waals surface area contributed by atoms with Gasteiger partial charge in [-0.05, 0) is 50.9 Å². The minimum Gasteiger partial charge on any atom is -0.301 e. The Hall–Kier alpha value is -0.450. The lowest BCUT2D eigenvalue weighted by Crippen LogP contribution is -2.44. The maximum absolute atomic E-state index is 14.3. The van der Waals surface area contributed by atoms with E-state index in [0.717, 1.165) is 49.1 Å². The van der Waals surface area contributed by atoms with Gasteiger partial charge in [0.1, 0.15) is 5.82 Å². The molecule has 2 saturated heterocycles. The smallest absolute Gasteiger partial charge is 0.129 e. The predicted octanol–water partition coefficient (Wildman–Crippen LogP) is 3.28. The Bertz CT molecular complexity index is 451. The summed E-state index contributed by atoms with van der Waals surface area (Å²) >= 11 is 3.33.